The first-order valence-electron chi connectivity index (χ1n) is 18.7. The topological polar surface area (TPSA) is 149 Å². The van der Waals surface area contributed by atoms with Crippen LogP contribution < -0.4 is 5.32 Å². The molecule has 0 aromatic rings. The number of amides is 1. The van der Waals surface area contributed by atoms with E-state index in [0.717, 1.165) is 51.4 Å². The van der Waals surface area contributed by atoms with Gasteiger partial charge in [0, 0.05) is 6.42 Å². The summed E-state index contributed by atoms with van der Waals surface area (Å²) < 4.78 is 11.1. The molecule has 274 valence electrons. The van der Waals surface area contributed by atoms with E-state index in [4.69, 9.17) is 9.47 Å². The van der Waals surface area contributed by atoms with Gasteiger partial charge in [-0.1, -0.05) is 115 Å². The predicted octanol–water partition coefficient (Wildman–Crippen LogP) is 6.16. The van der Waals surface area contributed by atoms with Crippen LogP contribution in [0.3, 0.4) is 0 Å². The van der Waals surface area contributed by atoms with E-state index >= 15 is 0 Å². The van der Waals surface area contributed by atoms with Crippen molar-refractivity contribution in [3.63, 3.8) is 0 Å². The van der Waals surface area contributed by atoms with Crippen molar-refractivity contribution in [2.24, 2.45) is 0 Å². The zero-order chi connectivity index (χ0) is 34.5. The zero-order valence-electron chi connectivity index (χ0n) is 29.5. The Hall–Kier alpha value is -1.59. The van der Waals surface area contributed by atoms with Gasteiger partial charge in [-0.15, -0.1) is 0 Å². The quantitative estimate of drug-likeness (QED) is 0.0411. The molecule has 7 atom stereocenters. The molecule has 0 aliphatic carbocycles. The Balaban J connectivity index is 2.45. The third-order valence-electron chi connectivity index (χ3n) is 8.69. The highest BCUT2D eigenvalue weighted by molar-refractivity contribution is 5.76. The van der Waals surface area contributed by atoms with Crippen molar-refractivity contribution in [3.05, 3.63) is 36.5 Å². The Morgan fingerprint density at radius 3 is 1.83 bits per heavy atom. The number of nitrogens with one attached hydrogen (secondary N) is 1. The van der Waals surface area contributed by atoms with Crippen LogP contribution in [0.25, 0.3) is 0 Å². The smallest absolute Gasteiger partial charge is 0.220 e. The molecule has 0 bridgehead atoms. The van der Waals surface area contributed by atoms with Crippen LogP contribution in [0.5, 0.6) is 0 Å². The maximum Gasteiger partial charge on any atom is 0.220 e. The molecule has 1 fully saturated rings. The molecule has 0 saturated carbocycles. The summed E-state index contributed by atoms with van der Waals surface area (Å²) in [5.41, 5.74) is 0. The molecular weight excluding hydrogens is 598 g/mol. The molecule has 1 rings (SSSR count). The number of hydrogen-bond acceptors (Lipinski definition) is 8. The van der Waals surface area contributed by atoms with Gasteiger partial charge in [0.15, 0.2) is 6.29 Å². The lowest BCUT2D eigenvalue weighted by molar-refractivity contribution is -0.302. The summed E-state index contributed by atoms with van der Waals surface area (Å²) in [7, 11) is 0. The molecule has 47 heavy (non-hydrogen) atoms. The van der Waals surface area contributed by atoms with Crippen molar-refractivity contribution in [3.8, 4) is 0 Å². The van der Waals surface area contributed by atoms with Crippen LogP contribution in [-0.4, -0.2) is 87.5 Å². The number of unbranched alkanes of at least 4 members (excludes halogenated alkanes) is 15. The molecule has 1 aliphatic rings. The lowest BCUT2D eigenvalue weighted by Crippen LogP contribution is -2.60. The fraction of sp³-hybridized carbons (Fsp3) is 0.816. The Kier molecular flexibility index (Phi) is 27.1. The standard InChI is InChI=1S/C38H69NO8/c1-3-5-7-9-11-13-14-15-16-17-18-20-22-24-26-28-34(42)39-31(32(41)27-25-23-21-19-12-10-8-6-4-2)30-46-38-37(45)36(44)35(43)33(29-40)47-38/h12-14,19,25,27,31-33,35-38,40-41,43-45H,3-11,15-18,20-24,26,28-30H2,1-2H3,(H,39,42)/b14-13-,19-12+,27-25+. The van der Waals surface area contributed by atoms with Crippen molar-refractivity contribution in [2.45, 2.75) is 185 Å². The average Bonchev–Trinajstić information content (AvgIpc) is 3.07. The van der Waals surface area contributed by atoms with Crippen LogP contribution in [0.4, 0.5) is 0 Å². The first-order valence-corrected chi connectivity index (χ1v) is 18.7. The van der Waals surface area contributed by atoms with Gasteiger partial charge >= 0.3 is 0 Å². The van der Waals surface area contributed by atoms with Crippen LogP contribution in [0.2, 0.25) is 0 Å². The number of carbonyl (C=O) groups is 1. The molecule has 1 amide bonds. The summed E-state index contributed by atoms with van der Waals surface area (Å²) in [6.07, 6.45) is 26.2. The summed E-state index contributed by atoms with van der Waals surface area (Å²) in [5.74, 6) is -0.198. The number of aliphatic hydroxyl groups is 5. The van der Waals surface area contributed by atoms with Gasteiger partial charge in [-0.2, -0.15) is 0 Å². The monoisotopic (exact) mass is 668 g/mol. The van der Waals surface area contributed by atoms with Gasteiger partial charge in [0.2, 0.25) is 5.91 Å². The zero-order valence-corrected chi connectivity index (χ0v) is 29.5. The average molecular weight is 668 g/mol. The number of rotatable bonds is 29. The van der Waals surface area contributed by atoms with E-state index in [1.165, 1.54) is 70.6 Å². The minimum absolute atomic E-state index is 0.198. The molecule has 9 heteroatoms. The molecule has 0 aromatic heterocycles. The van der Waals surface area contributed by atoms with E-state index in [1.54, 1.807) is 6.08 Å². The van der Waals surface area contributed by atoms with Crippen molar-refractivity contribution < 1.29 is 39.8 Å². The van der Waals surface area contributed by atoms with E-state index in [2.05, 4.69) is 43.5 Å². The van der Waals surface area contributed by atoms with Crippen LogP contribution in [0, 0.1) is 0 Å². The summed E-state index contributed by atoms with van der Waals surface area (Å²) in [5, 5.41) is 53.7. The molecular formula is C38H69NO8. The van der Waals surface area contributed by atoms with Gasteiger partial charge in [-0.05, 0) is 57.8 Å². The first kappa shape index (κ1) is 43.4. The maximum absolute atomic E-state index is 12.8. The Bertz CT molecular complexity index is 833. The summed E-state index contributed by atoms with van der Waals surface area (Å²) >= 11 is 0. The van der Waals surface area contributed by atoms with Crippen molar-refractivity contribution >= 4 is 5.91 Å². The van der Waals surface area contributed by atoms with Gasteiger partial charge in [0.1, 0.15) is 24.4 Å². The predicted molar refractivity (Wildman–Crippen MR) is 189 cm³/mol. The minimum atomic E-state index is -1.57. The van der Waals surface area contributed by atoms with E-state index < -0.39 is 49.5 Å². The number of ether oxygens (including phenoxy) is 2. The second-order valence-electron chi connectivity index (χ2n) is 13.0. The second-order valence-corrected chi connectivity index (χ2v) is 13.0. The van der Waals surface area contributed by atoms with Gasteiger partial charge in [0.05, 0.1) is 25.4 Å². The number of carbonyl (C=O) groups excluding carboxylic acids is 1. The second kappa shape index (κ2) is 29.3. The highest BCUT2D eigenvalue weighted by Crippen LogP contribution is 2.22. The molecule has 0 spiro atoms. The van der Waals surface area contributed by atoms with E-state index in [9.17, 15) is 30.3 Å². The lowest BCUT2D eigenvalue weighted by atomic mass is 9.99. The van der Waals surface area contributed by atoms with Gasteiger partial charge < -0.3 is 40.3 Å². The number of aliphatic hydroxyl groups excluding tert-OH is 5. The van der Waals surface area contributed by atoms with Crippen LogP contribution >= 0.6 is 0 Å². The van der Waals surface area contributed by atoms with Crippen molar-refractivity contribution in [2.75, 3.05) is 13.2 Å². The van der Waals surface area contributed by atoms with E-state index in [1.807, 2.05) is 6.08 Å². The SMILES string of the molecule is CCCCC/C=C/CC/C=C/C(O)C(COC1OC(CO)C(O)C(O)C1O)NC(=O)CCCCCCCCC/C=C\CCCCCC. The largest absolute Gasteiger partial charge is 0.394 e. The Morgan fingerprint density at radius 2 is 1.21 bits per heavy atom. The van der Waals surface area contributed by atoms with Gasteiger partial charge in [-0.25, -0.2) is 0 Å². The molecule has 9 nitrogen and oxygen atoms in total. The van der Waals surface area contributed by atoms with Gasteiger partial charge in [-0.3, -0.25) is 4.79 Å². The fourth-order valence-corrected chi connectivity index (χ4v) is 5.57. The molecule has 1 saturated heterocycles. The third-order valence-corrected chi connectivity index (χ3v) is 8.69. The van der Waals surface area contributed by atoms with Crippen molar-refractivity contribution in [1.82, 2.24) is 5.32 Å². The molecule has 7 unspecified atom stereocenters. The Labute approximate surface area is 285 Å². The van der Waals surface area contributed by atoms with Crippen LogP contribution in [-0.2, 0) is 14.3 Å². The minimum Gasteiger partial charge on any atom is -0.394 e. The third kappa shape index (κ3) is 21.2. The summed E-state index contributed by atoms with van der Waals surface area (Å²) in [4.78, 5) is 12.8. The number of hydrogen-bond donors (Lipinski definition) is 6. The summed E-state index contributed by atoms with van der Waals surface area (Å²) in [6, 6.07) is -0.818. The molecule has 0 aromatic carbocycles. The summed E-state index contributed by atoms with van der Waals surface area (Å²) in [6.45, 7) is 3.65. The fourth-order valence-electron chi connectivity index (χ4n) is 5.57. The highest BCUT2D eigenvalue weighted by Gasteiger charge is 2.44. The Morgan fingerprint density at radius 1 is 0.702 bits per heavy atom. The van der Waals surface area contributed by atoms with E-state index in [-0.39, 0.29) is 12.5 Å². The first-order chi connectivity index (χ1) is 22.8. The maximum atomic E-state index is 12.8. The molecule has 0 radical (unpaired) electrons. The van der Waals surface area contributed by atoms with Gasteiger partial charge in [0.25, 0.3) is 0 Å². The van der Waals surface area contributed by atoms with Crippen molar-refractivity contribution in [1.29, 1.82) is 0 Å². The number of allylic oxidation sites excluding steroid dienone is 5. The van der Waals surface area contributed by atoms with Crippen LogP contribution in [0.15, 0.2) is 36.5 Å². The van der Waals surface area contributed by atoms with Crippen LogP contribution in [0.1, 0.15) is 142 Å². The lowest BCUT2D eigenvalue weighted by Gasteiger charge is -2.40. The molecule has 6 N–H and O–H groups in total. The van der Waals surface area contributed by atoms with E-state index in [0.29, 0.717) is 6.42 Å². The highest BCUT2D eigenvalue weighted by atomic mass is 16.7. The molecule has 1 aliphatic heterocycles. The normalized spacial score (nSPS) is 23.3. The molecule has 1 heterocycles.